The summed E-state index contributed by atoms with van der Waals surface area (Å²) in [6.07, 6.45) is -1.78. The summed E-state index contributed by atoms with van der Waals surface area (Å²) in [6, 6.07) is 12.6. The molecule has 0 heterocycles. The highest BCUT2D eigenvalue weighted by Gasteiger charge is 2.55. The Kier molecular flexibility index (Phi) is 4.91. The van der Waals surface area contributed by atoms with E-state index in [1.807, 2.05) is 18.2 Å². The van der Waals surface area contributed by atoms with Gasteiger partial charge in [-0.1, -0.05) is 36.4 Å². The Morgan fingerprint density at radius 3 is 2.46 bits per heavy atom. The number of halogens is 3. The Morgan fingerprint density at radius 2 is 1.77 bits per heavy atom. The average Bonchev–Trinajstić information content (AvgIpc) is 3.07. The van der Waals surface area contributed by atoms with E-state index in [9.17, 15) is 18.3 Å². The van der Waals surface area contributed by atoms with Crippen molar-refractivity contribution in [1.82, 2.24) is 0 Å². The Bertz CT molecular complexity index is 805. The minimum Gasteiger partial charge on any atom is -0.375 e. The van der Waals surface area contributed by atoms with Crippen molar-refractivity contribution < 1.29 is 18.3 Å². The van der Waals surface area contributed by atoms with Gasteiger partial charge in [-0.3, -0.25) is 0 Å². The van der Waals surface area contributed by atoms with E-state index in [1.165, 1.54) is 35.4 Å². The second-order valence-corrected chi connectivity index (χ2v) is 6.39. The first-order valence-electron chi connectivity index (χ1n) is 8.33. The monoisotopic (exact) mass is 363 g/mol. The van der Waals surface area contributed by atoms with E-state index in [0.717, 1.165) is 19.3 Å². The van der Waals surface area contributed by atoms with Crippen molar-refractivity contribution >= 4 is 11.6 Å². The number of hydrogen-bond acceptors (Lipinski definition) is 2. The number of nitrogens with zero attached hydrogens (tertiary/aromatic N) is 1. The minimum absolute atomic E-state index is 0.179. The largest absolute Gasteiger partial charge is 0.423 e. The summed E-state index contributed by atoms with van der Waals surface area (Å²) < 4.78 is 40.3. The molecule has 0 saturated carbocycles. The third kappa shape index (κ3) is 3.67. The number of aryl methyl sites for hydroxylation is 2. The first-order valence-corrected chi connectivity index (χ1v) is 8.33. The van der Waals surface area contributed by atoms with Crippen molar-refractivity contribution in [1.29, 1.82) is 0 Å². The van der Waals surface area contributed by atoms with Crippen LogP contribution < -0.4 is 11.1 Å². The fourth-order valence-electron chi connectivity index (χ4n) is 3.10. The number of aliphatic imine (C=N–C) groups is 1. The third-order valence-corrected chi connectivity index (χ3v) is 4.57. The number of aliphatic hydroxyl groups is 1. The van der Waals surface area contributed by atoms with Gasteiger partial charge < -0.3 is 16.2 Å². The van der Waals surface area contributed by atoms with Crippen molar-refractivity contribution in [3.8, 4) is 0 Å². The lowest BCUT2D eigenvalue weighted by Crippen LogP contribution is -2.45. The number of nitrogens with two attached hydrogens (primary N) is 1. The predicted molar refractivity (Wildman–Crippen MR) is 95.0 cm³/mol. The van der Waals surface area contributed by atoms with Crippen LogP contribution in [0, 0.1) is 0 Å². The third-order valence-electron chi connectivity index (χ3n) is 4.57. The van der Waals surface area contributed by atoms with Gasteiger partial charge in [-0.05, 0) is 48.1 Å². The maximum absolute atomic E-state index is 13.4. The normalized spacial score (nSPS) is 16.8. The van der Waals surface area contributed by atoms with Gasteiger partial charge in [-0.25, -0.2) is 4.99 Å². The van der Waals surface area contributed by atoms with Crippen LogP contribution in [0.15, 0.2) is 53.5 Å². The van der Waals surface area contributed by atoms with E-state index in [1.54, 1.807) is 6.07 Å². The van der Waals surface area contributed by atoms with E-state index in [0.29, 0.717) is 5.69 Å². The highest BCUT2D eigenvalue weighted by Crippen LogP contribution is 2.39. The quantitative estimate of drug-likeness (QED) is 0.576. The van der Waals surface area contributed by atoms with Crippen LogP contribution in [-0.4, -0.2) is 23.8 Å². The summed E-state index contributed by atoms with van der Waals surface area (Å²) >= 11 is 0. The van der Waals surface area contributed by atoms with Gasteiger partial charge in [-0.15, -0.1) is 0 Å². The first-order chi connectivity index (χ1) is 12.3. The van der Waals surface area contributed by atoms with Crippen LogP contribution in [0.25, 0.3) is 0 Å². The van der Waals surface area contributed by atoms with Crippen LogP contribution in [0.2, 0.25) is 0 Å². The maximum atomic E-state index is 13.4. The fourth-order valence-corrected chi connectivity index (χ4v) is 3.10. The van der Waals surface area contributed by atoms with Crippen LogP contribution in [0.5, 0.6) is 0 Å². The molecule has 0 aromatic heterocycles. The Hall–Kier alpha value is -2.54. The highest BCUT2D eigenvalue weighted by atomic mass is 19.4. The molecule has 138 valence electrons. The summed E-state index contributed by atoms with van der Waals surface area (Å²) in [4.78, 5) is 3.74. The number of rotatable bonds is 4. The van der Waals surface area contributed by atoms with E-state index >= 15 is 0 Å². The zero-order chi connectivity index (χ0) is 18.8. The zero-order valence-electron chi connectivity index (χ0n) is 14.1. The van der Waals surface area contributed by atoms with Gasteiger partial charge in [0.2, 0.25) is 5.60 Å². The number of hydrogen-bond donors (Lipinski definition) is 3. The number of benzene rings is 2. The minimum atomic E-state index is -4.88. The van der Waals surface area contributed by atoms with E-state index in [2.05, 4.69) is 10.3 Å². The number of alkyl halides is 3. The number of guanidine groups is 1. The molecule has 0 saturated heterocycles. The standard InChI is InChI=1S/C19H20F3N3O/c20-19(21,22)18(26,15-7-2-1-3-8-15)12-24-17(23)25-16-10-9-13-5-4-6-14(13)11-16/h1-3,7-11,26H,4-6,12H2,(H3,23,24,25). The molecule has 0 bridgehead atoms. The van der Waals surface area contributed by atoms with Crippen LogP contribution in [0.3, 0.4) is 0 Å². The van der Waals surface area contributed by atoms with Crippen LogP contribution >= 0.6 is 0 Å². The van der Waals surface area contributed by atoms with E-state index in [-0.39, 0.29) is 11.5 Å². The lowest BCUT2D eigenvalue weighted by molar-refractivity contribution is -0.261. The molecule has 1 unspecified atom stereocenters. The van der Waals surface area contributed by atoms with Crippen molar-refractivity contribution in [3.05, 3.63) is 65.2 Å². The lowest BCUT2D eigenvalue weighted by atomic mass is 9.93. The van der Waals surface area contributed by atoms with Gasteiger partial charge in [0.05, 0.1) is 6.54 Å². The SMILES string of the molecule is NC(=NCC(O)(c1ccccc1)C(F)(F)F)Nc1ccc2c(c1)CCC2. The van der Waals surface area contributed by atoms with Crippen LogP contribution in [0.4, 0.5) is 18.9 Å². The fraction of sp³-hybridized carbons (Fsp3) is 0.316. The predicted octanol–water partition coefficient (Wildman–Crippen LogP) is 3.35. The van der Waals surface area contributed by atoms with Gasteiger partial charge >= 0.3 is 6.18 Å². The van der Waals surface area contributed by atoms with Crippen molar-refractivity contribution in [2.45, 2.75) is 31.0 Å². The van der Waals surface area contributed by atoms with Gasteiger partial charge in [0.1, 0.15) is 0 Å². The lowest BCUT2D eigenvalue weighted by Gasteiger charge is -2.29. The second-order valence-electron chi connectivity index (χ2n) is 6.39. The molecule has 1 aliphatic carbocycles. The Balaban J connectivity index is 1.77. The van der Waals surface area contributed by atoms with Crippen LogP contribution in [-0.2, 0) is 18.4 Å². The second kappa shape index (κ2) is 6.99. The topological polar surface area (TPSA) is 70.6 Å². The molecular weight excluding hydrogens is 343 g/mol. The molecule has 4 nitrogen and oxygen atoms in total. The van der Waals surface area contributed by atoms with E-state index in [4.69, 9.17) is 5.73 Å². The van der Waals surface area contributed by atoms with Gasteiger partial charge in [0.25, 0.3) is 0 Å². The van der Waals surface area contributed by atoms with Crippen molar-refractivity contribution in [2.75, 3.05) is 11.9 Å². The molecule has 1 atom stereocenters. The molecule has 2 aromatic rings. The van der Waals surface area contributed by atoms with Gasteiger partial charge in [-0.2, -0.15) is 13.2 Å². The number of fused-ring (bicyclic) bond motifs is 1. The van der Waals surface area contributed by atoms with Crippen LogP contribution in [0.1, 0.15) is 23.1 Å². The molecule has 0 aliphatic heterocycles. The van der Waals surface area contributed by atoms with Crippen molar-refractivity contribution in [3.63, 3.8) is 0 Å². The average molecular weight is 363 g/mol. The van der Waals surface area contributed by atoms with Gasteiger partial charge in [0, 0.05) is 5.69 Å². The summed E-state index contributed by atoms with van der Waals surface area (Å²) in [5.74, 6) is -0.179. The Morgan fingerprint density at radius 1 is 1.08 bits per heavy atom. The molecule has 2 aromatic carbocycles. The molecule has 4 N–H and O–H groups in total. The first kappa shape index (κ1) is 18.3. The van der Waals surface area contributed by atoms with E-state index < -0.39 is 18.3 Å². The molecular formula is C19H20F3N3O. The summed E-state index contributed by atoms with van der Waals surface area (Å²) in [5, 5.41) is 13.0. The zero-order valence-corrected chi connectivity index (χ0v) is 14.1. The molecule has 1 aliphatic rings. The summed E-state index contributed by atoms with van der Waals surface area (Å²) in [7, 11) is 0. The smallest absolute Gasteiger partial charge is 0.375 e. The van der Waals surface area contributed by atoms with Crippen molar-refractivity contribution in [2.24, 2.45) is 10.7 Å². The molecule has 26 heavy (non-hydrogen) atoms. The molecule has 0 radical (unpaired) electrons. The molecule has 0 amide bonds. The highest BCUT2D eigenvalue weighted by molar-refractivity contribution is 5.92. The number of nitrogens with one attached hydrogen (secondary N) is 1. The summed E-state index contributed by atoms with van der Waals surface area (Å²) in [5.41, 5.74) is 5.52. The molecule has 0 fully saturated rings. The van der Waals surface area contributed by atoms with Gasteiger partial charge in [0.15, 0.2) is 5.96 Å². The Labute approximate surface area is 149 Å². The maximum Gasteiger partial charge on any atom is 0.423 e. The number of anilines is 1. The molecule has 3 rings (SSSR count). The summed E-state index contributed by atoms with van der Waals surface area (Å²) in [6.45, 7) is -0.926. The molecule has 7 heteroatoms. The molecule has 0 spiro atoms.